The van der Waals surface area contributed by atoms with Gasteiger partial charge in [-0.05, 0) is 24.6 Å². The fraction of sp³-hybridized carbons (Fsp3) is 0.333. The molecule has 98 valence electrons. The minimum Gasteiger partial charge on any atom is -0.494 e. The highest BCUT2D eigenvalue weighted by Gasteiger charge is 2.02. The number of carboxylic acids is 1. The van der Waals surface area contributed by atoms with Crippen molar-refractivity contribution in [3.63, 3.8) is 0 Å². The predicted molar refractivity (Wildman–Crippen MR) is 65.5 cm³/mol. The third-order valence-electron chi connectivity index (χ3n) is 2.09. The second kappa shape index (κ2) is 7.16. The van der Waals surface area contributed by atoms with Crippen LogP contribution in [-0.4, -0.2) is 30.3 Å². The number of carboxylic acid groups (broad SMARTS) is 1. The van der Waals surface area contributed by atoms with Gasteiger partial charge in [0.05, 0.1) is 6.61 Å². The lowest BCUT2D eigenvalue weighted by atomic mass is 10.2. The van der Waals surface area contributed by atoms with E-state index in [0.29, 0.717) is 13.2 Å². The highest BCUT2D eigenvalue weighted by molar-refractivity contribution is 5.79. The van der Waals surface area contributed by atoms with Gasteiger partial charge in [0.1, 0.15) is 12.3 Å². The van der Waals surface area contributed by atoms with Gasteiger partial charge >= 0.3 is 12.0 Å². The summed E-state index contributed by atoms with van der Waals surface area (Å²) in [7, 11) is 0. The summed E-state index contributed by atoms with van der Waals surface area (Å²) in [6.07, 6.45) is 0. The average Bonchev–Trinajstić information content (AvgIpc) is 2.36. The van der Waals surface area contributed by atoms with Crippen molar-refractivity contribution in [2.75, 3.05) is 13.2 Å². The normalized spacial score (nSPS) is 9.61. The Bertz CT molecular complexity index is 403. The molecule has 18 heavy (non-hydrogen) atoms. The highest BCUT2D eigenvalue weighted by atomic mass is 16.5. The molecule has 0 bridgehead atoms. The molecule has 0 atom stereocenters. The van der Waals surface area contributed by atoms with Crippen LogP contribution in [0.4, 0.5) is 4.79 Å². The molecule has 0 aliphatic carbocycles. The summed E-state index contributed by atoms with van der Waals surface area (Å²) in [5, 5.41) is 13.1. The van der Waals surface area contributed by atoms with E-state index in [-0.39, 0.29) is 0 Å². The van der Waals surface area contributed by atoms with Crippen LogP contribution in [-0.2, 0) is 11.3 Å². The first-order chi connectivity index (χ1) is 8.61. The summed E-state index contributed by atoms with van der Waals surface area (Å²) in [5.41, 5.74) is 0.906. The number of nitrogens with one attached hydrogen (secondary N) is 2. The van der Waals surface area contributed by atoms with E-state index in [2.05, 4.69) is 10.6 Å². The van der Waals surface area contributed by atoms with Crippen LogP contribution >= 0.6 is 0 Å². The number of benzene rings is 1. The largest absolute Gasteiger partial charge is 0.494 e. The Morgan fingerprint density at radius 3 is 2.44 bits per heavy atom. The second-order valence-electron chi connectivity index (χ2n) is 3.51. The SMILES string of the molecule is CCOc1ccc(CNC(=O)NCC(=O)O)cc1. The summed E-state index contributed by atoms with van der Waals surface area (Å²) < 4.78 is 5.29. The standard InChI is InChI=1S/C12H16N2O4/c1-2-18-10-5-3-9(4-6-10)7-13-12(17)14-8-11(15)16/h3-6H,2,7-8H2,1H3,(H,15,16)(H2,13,14,17). The van der Waals surface area contributed by atoms with Gasteiger partial charge in [-0.15, -0.1) is 0 Å². The average molecular weight is 252 g/mol. The molecule has 0 saturated heterocycles. The van der Waals surface area contributed by atoms with Crippen LogP contribution < -0.4 is 15.4 Å². The summed E-state index contributed by atoms with van der Waals surface area (Å²) >= 11 is 0. The van der Waals surface area contributed by atoms with Gasteiger partial charge in [0.2, 0.25) is 0 Å². The molecule has 1 aromatic carbocycles. The lowest BCUT2D eigenvalue weighted by Gasteiger charge is -2.07. The van der Waals surface area contributed by atoms with Gasteiger partial charge < -0.3 is 20.5 Å². The maximum Gasteiger partial charge on any atom is 0.323 e. The van der Waals surface area contributed by atoms with Gasteiger partial charge in [0, 0.05) is 6.54 Å². The first-order valence-corrected chi connectivity index (χ1v) is 5.57. The van der Waals surface area contributed by atoms with E-state index in [1.165, 1.54) is 0 Å². The zero-order valence-electron chi connectivity index (χ0n) is 10.1. The molecule has 6 nitrogen and oxygen atoms in total. The van der Waals surface area contributed by atoms with Gasteiger partial charge in [-0.25, -0.2) is 4.79 Å². The summed E-state index contributed by atoms with van der Waals surface area (Å²) in [6.45, 7) is 2.45. The number of rotatable bonds is 6. The maximum absolute atomic E-state index is 11.2. The lowest BCUT2D eigenvalue weighted by Crippen LogP contribution is -2.37. The van der Waals surface area contributed by atoms with Crippen LogP contribution in [0.5, 0.6) is 5.75 Å². The molecular formula is C12H16N2O4. The number of aliphatic carboxylic acids is 1. The van der Waals surface area contributed by atoms with Gasteiger partial charge in [-0.1, -0.05) is 12.1 Å². The van der Waals surface area contributed by atoms with Gasteiger partial charge in [0.25, 0.3) is 0 Å². The van der Waals surface area contributed by atoms with Crippen molar-refractivity contribution in [3.05, 3.63) is 29.8 Å². The van der Waals surface area contributed by atoms with Crippen LogP contribution in [0.3, 0.4) is 0 Å². The Kier molecular flexibility index (Phi) is 5.50. The summed E-state index contributed by atoms with van der Waals surface area (Å²) in [6, 6.07) is 6.79. The molecule has 0 aromatic heterocycles. The van der Waals surface area contributed by atoms with Crippen LogP contribution in [0.15, 0.2) is 24.3 Å². The van der Waals surface area contributed by atoms with Crippen molar-refractivity contribution in [1.82, 2.24) is 10.6 Å². The van der Waals surface area contributed by atoms with Crippen molar-refractivity contribution in [2.45, 2.75) is 13.5 Å². The Morgan fingerprint density at radius 1 is 1.22 bits per heavy atom. The zero-order valence-corrected chi connectivity index (χ0v) is 10.1. The minimum atomic E-state index is -1.08. The van der Waals surface area contributed by atoms with Crippen LogP contribution in [0.2, 0.25) is 0 Å². The van der Waals surface area contributed by atoms with Crippen LogP contribution in [0.25, 0.3) is 0 Å². The number of amides is 2. The Labute approximate surface area is 105 Å². The summed E-state index contributed by atoms with van der Waals surface area (Å²) in [4.78, 5) is 21.4. The zero-order chi connectivity index (χ0) is 13.4. The molecule has 0 aliphatic rings. The monoisotopic (exact) mass is 252 g/mol. The first-order valence-electron chi connectivity index (χ1n) is 5.57. The van der Waals surface area contributed by atoms with Gasteiger partial charge in [-0.3, -0.25) is 4.79 Å². The van der Waals surface area contributed by atoms with Crippen molar-refractivity contribution < 1.29 is 19.4 Å². The number of hydrogen-bond donors (Lipinski definition) is 3. The van der Waals surface area contributed by atoms with E-state index >= 15 is 0 Å². The third-order valence-corrected chi connectivity index (χ3v) is 2.09. The smallest absolute Gasteiger partial charge is 0.323 e. The molecule has 1 rings (SSSR count). The quantitative estimate of drug-likeness (QED) is 0.704. The van der Waals surface area contributed by atoms with Crippen LogP contribution in [0.1, 0.15) is 12.5 Å². The first kappa shape index (κ1) is 13.8. The predicted octanol–water partition coefficient (Wildman–Crippen LogP) is 0.969. The van der Waals surface area contributed by atoms with E-state index in [1.54, 1.807) is 0 Å². The number of hydrogen-bond acceptors (Lipinski definition) is 3. The molecule has 6 heteroatoms. The van der Waals surface area contributed by atoms with E-state index in [9.17, 15) is 9.59 Å². The Hall–Kier alpha value is -2.24. The van der Waals surface area contributed by atoms with E-state index in [1.807, 2.05) is 31.2 Å². The maximum atomic E-state index is 11.2. The summed E-state index contributed by atoms with van der Waals surface area (Å²) in [5.74, 6) is -0.303. The lowest BCUT2D eigenvalue weighted by molar-refractivity contribution is -0.135. The number of ether oxygens (including phenoxy) is 1. The molecule has 1 aromatic rings. The fourth-order valence-electron chi connectivity index (χ4n) is 1.27. The molecule has 0 spiro atoms. The molecular weight excluding hydrogens is 236 g/mol. The molecule has 0 fully saturated rings. The van der Waals surface area contributed by atoms with E-state index in [0.717, 1.165) is 11.3 Å². The molecule has 0 aliphatic heterocycles. The third kappa shape index (κ3) is 5.20. The van der Waals surface area contributed by atoms with Gasteiger partial charge in [0.15, 0.2) is 0 Å². The molecule has 0 unspecified atom stereocenters. The molecule has 2 amide bonds. The number of urea groups is 1. The van der Waals surface area contributed by atoms with Crippen molar-refractivity contribution >= 4 is 12.0 Å². The molecule has 3 N–H and O–H groups in total. The minimum absolute atomic E-state index is 0.331. The van der Waals surface area contributed by atoms with Crippen molar-refractivity contribution in [3.8, 4) is 5.75 Å². The fourth-order valence-corrected chi connectivity index (χ4v) is 1.27. The molecule has 0 saturated carbocycles. The van der Waals surface area contributed by atoms with E-state index < -0.39 is 18.5 Å². The van der Waals surface area contributed by atoms with Crippen molar-refractivity contribution in [2.24, 2.45) is 0 Å². The Morgan fingerprint density at radius 2 is 1.89 bits per heavy atom. The second-order valence-corrected chi connectivity index (χ2v) is 3.51. The molecule has 0 heterocycles. The topological polar surface area (TPSA) is 87.7 Å². The van der Waals surface area contributed by atoms with E-state index in [4.69, 9.17) is 9.84 Å². The Balaban J connectivity index is 2.34. The van der Waals surface area contributed by atoms with Gasteiger partial charge in [-0.2, -0.15) is 0 Å². The van der Waals surface area contributed by atoms with Crippen molar-refractivity contribution in [1.29, 1.82) is 0 Å². The number of carbonyl (C=O) groups is 2. The van der Waals surface area contributed by atoms with Crippen LogP contribution in [0, 0.1) is 0 Å². The number of carbonyl (C=O) groups excluding carboxylic acids is 1. The molecule has 0 radical (unpaired) electrons. The highest BCUT2D eigenvalue weighted by Crippen LogP contribution is 2.11.